The van der Waals surface area contributed by atoms with E-state index in [0.717, 1.165) is 72.9 Å². The van der Waals surface area contributed by atoms with Gasteiger partial charge in [0, 0.05) is 68.6 Å². The van der Waals surface area contributed by atoms with Gasteiger partial charge in [-0.25, -0.2) is 29.2 Å². The average molecular weight is 947 g/mol. The summed E-state index contributed by atoms with van der Waals surface area (Å²) in [5.74, 6) is 0.880. The maximum Gasteiger partial charge on any atom is 0.271 e. The van der Waals surface area contributed by atoms with Crippen molar-refractivity contribution in [1.29, 1.82) is 0 Å². The fourth-order valence-corrected chi connectivity index (χ4v) is 15.2. The standard InChI is InChI=1S/C27H33N3O5S2.C21H29N3O3S/c1-20-15-21(2)19-29(18-20)36(32,33)24-11-12-25-22(16-24)17-26(27(31)28-13-7-4-8-14-28)30(25)37(34,35)23-9-5-3-6-10-23;1-15-10-16(2)14-24(13-15)28(26,27)18-6-7-19-17(11-18)12-20(22-19)21(25)23-8-4-3-5-9-23/h3,5-6,9-12,16-17,20-21H,4,7-8,13-15,18-19H2,1-2H3;6-7,11-12,15-16,22H,3-5,8-10,13-14H2,1-2H3. The van der Waals surface area contributed by atoms with E-state index in [2.05, 4.69) is 32.7 Å². The normalized spacial score (nSPS) is 23.0. The molecule has 4 aliphatic rings. The number of hydrogen-bond acceptors (Lipinski definition) is 8. The summed E-state index contributed by atoms with van der Waals surface area (Å²) in [4.78, 5) is 33.5. The van der Waals surface area contributed by atoms with Crippen LogP contribution in [0.25, 0.3) is 21.8 Å². The summed E-state index contributed by atoms with van der Waals surface area (Å²) in [5, 5.41) is 1.17. The maximum absolute atomic E-state index is 13.8. The third-order valence-corrected chi connectivity index (χ3v) is 18.7. The molecule has 65 heavy (non-hydrogen) atoms. The van der Waals surface area contributed by atoms with Gasteiger partial charge in [-0.2, -0.15) is 8.61 Å². The number of sulfonamides is 2. The number of hydrogen-bond donors (Lipinski definition) is 1. The monoisotopic (exact) mass is 946 g/mol. The number of nitrogens with one attached hydrogen (secondary N) is 1. The first-order valence-electron chi connectivity index (χ1n) is 23.1. The topological polar surface area (TPSA) is 170 Å². The van der Waals surface area contributed by atoms with Crippen molar-refractivity contribution in [3.8, 4) is 0 Å². The Labute approximate surface area is 384 Å². The van der Waals surface area contributed by atoms with Crippen molar-refractivity contribution in [2.24, 2.45) is 23.7 Å². The Bertz CT molecular complexity index is 2860. The van der Waals surface area contributed by atoms with Gasteiger partial charge in [-0.3, -0.25) is 9.59 Å². The molecule has 14 nitrogen and oxygen atoms in total. The minimum atomic E-state index is -4.11. The number of amides is 2. The van der Waals surface area contributed by atoms with Crippen molar-refractivity contribution in [1.82, 2.24) is 27.4 Å². The summed E-state index contributed by atoms with van der Waals surface area (Å²) < 4.78 is 85.2. The van der Waals surface area contributed by atoms with E-state index in [9.17, 15) is 34.8 Å². The molecule has 0 spiro atoms. The summed E-state index contributed by atoms with van der Waals surface area (Å²) in [5.41, 5.74) is 1.63. The van der Waals surface area contributed by atoms with Gasteiger partial charge in [0.25, 0.3) is 21.8 Å². The van der Waals surface area contributed by atoms with Gasteiger partial charge in [0.05, 0.1) is 20.2 Å². The second-order valence-corrected chi connectivity index (χ2v) is 24.7. The molecule has 4 unspecified atom stereocenters. The molecule has 0 aliphatic carbocycles. The Morgan fingerprint density at radius 3 is 1.51 bits per heavy atom. The van der Waals surface area contributed by atoms with Crippen LogP contribution < -0.4 is 0 Å². The van der Waals surface area contributed by atoms with Gasteiger partial charge in [-0.1, -0.05) is 45.9 Å². The third-order valence-electron chi connectivity index (χ3n) is 13.3. The molecule has 4 fully saturated rings. The van der Waals surface area contributed by atoms with E-state index < -0.39 is 30.1 Å². The number of H-pyrrole nitrogens is 1. The molecule has 17 heteroatoms. The van der Waals surface area contributed by atoms with Gasteiger partial charge in [0.15, 0.2) is 0 Å². The number of piperidine rings is 4. The molecule has 2 amide bonds. The molecule has 0 bridgehead atoms. The number of aromatic nitrogens is 2. The van der Waals surface area contributed by atoms with Crippen LogP contribution in [0, 0.1) is 23.7 Å². The zero-order chi connectivity index (χ0) is 46.3. The summed E-state index contributed by atoms with van der Waals surface area (Å²) in [7, 11) is -11.4. The highest BCUT2D eigenvalue weighted by Gasteiger charge is 2.35. The molecule has 0 radical (unpaired) electrons. The highest BCUT2D eigenvalue weighted by molar-refractivity contribution is 7.90. The van der Waals surface area contributed by atoms with Crippen molar-refractivity contribution in [3.05, 3.63) is 90.3 Å². The lowest BCUT2D eigenvalue weighted by Crippen LogP contribution is -2.42. The van der Waals surface area contributed by atoms with E-state index >= 15 is 0 Å². The number of benzene rings is 3. The fourth-order valence-electron chi connectivity index (χ4n) is 10.2. The Morgan fingerprint density at radius 2 is 0.985 bits per heavy atom. The van der Waals surface area contributed by atoms with Gasteiger partial charge >= 0.3 is 0 Å². The van der Waals surface area contributed by atoms with Crippen LogP contribution in [0.15, 0.2) is 93.5 Å². The molecule has 3 aromatic carbocycles. The molecule has 350 valence electrons. The van der Waals surface area contributed by atoms with E-state index in [0.29, 0.717) is 67.1 Å². The summed E-state index contributed by atoms with van der Waals surface area (Å²) >= 11 is 0. The number of rotatable bonds is 8. The molecule has 4 saturated heterocycles. The van der Waals surface area contributed by atoms with Crippen LogP contribution >= 0.6 is 0 Å². The SMILES string of the molecule is CC1CC(C)CN(S(=O)(=O)c2ccc3[nH]c(C(=O)N4CCCCC4)cc3c2)C1.CC1CC(C)CN(S(=O)(=O)c2ccc3c(c2)cc(C(=O)N2CCCCC2)n3S(=O)(=O)c2ccccc2)C1. The average Bonchev–Trinajstić information content (AvgIpc) is 3.91. The highest BCUT2D eigenvalue weighted by atomic mass is 32.2. The van der Waals surface area contributed by atoms with Gasteiger partial charge in [0.1, 0.15) is 11.4 Å². The van der Waals surface area contributed by atoms with Gasteiger partial charge in [-0.15, -0.1) is 0 Å². The molecular formula is C48H62N6O8S3. The summed E-state index contributed by atoms with van der Waals surface area (Å²) in [6.07, 6.45) is 8.06. The first kappa shape index (κ1) is 47.0. The quantitative estimate of drug-likeness (QED) is 0.166. The molecular weight excluding hydrogens is 885 g/mol. The van der Waals surface area contributed by atoms with E-state index in [1.165, 1.54) is 47.1 Å². The number of carbonyl (C=O) groups excluding carboxylic acids is 2. The lowest BCUT2D eigenvalue weighted by Gasteiger charge is -2.34. The maximum atomic E-state index is 13.8. The second kappa shape index (κ2) is 19.0. The predicted octanol–water partition coefficient (Wildman–Crippen LogP) is 7.63. The van der Waals surface area contributed by atoms with Gasteiger partial charge in [-0.05, 0) is 136 Å². The number of nitrogens with zero attached hydrogens (tertiary/aromatic N) is 5. The largest absolute Gasteiger partial charge is 0.351 e. The van der Waals surface area contributed by atoms with Gasteiger partial charge in [0.2, 0.25) is 20.0 Å². The smallest absolute Gasteiger partial charge is 0.271 e. The van der Waals surface area contributed by atoms with Crippen molar-refractivity contribution >= 4 is 63.7 Å². The molecule has 4 atom stereocenters. The van der Waals surface area contributed by atoms with E-state index in [1.54, 1.807) is 51.7 Å². The zero-order valence-electron chi connectivity index (χ0n) is 37.9. The van der Waals surface area contributed by atoms with Crippen LogP contribution in [-0.4, -0.2) is 117 Å². The number of aromatic amines is 1. The van der Waals surface area contributed by atoms with Crippen molar-refractivity contribution in [2.75, 3.05) is 52.4 Å². The molecule has 9 rings (SSSR count). The first-order chi connectivity index (χ1) is 30.9. The number of likely N-dealkylation sites (tertiary alicyclic amines) is 2. The highest BCUT2D eigenvalue weighted by Crippen LogP contribution is 2.33. The number of carbonyl (C=O) groups is 2. The molecule has 6 heterocycles. The Morgan fingerprint density at radius 1 is 0.508 bits per heavy atom. The Kier molecular flexibility index (Phi) is 13.7. The molecule has 0 saturated carbocycles. The van der Waals surface area contributed by atoms with Crippen LogP contribution in [0.2, 0.25) is 0 Å². The minimum absolute atomic E-state index is 0.000938. The molecule has 4 aliphatic heterocycles. The number of fused-ring (bicyclic) bond motifs is 2. The predicted molar refractivity (Wildman–Crippen MR) is 252 cm³/mol. The van der Waals surface area contributed by atoms with Crippen LogP contribution in [0.4, 0.5) is 0 Å². The summed E-state index contributed by atoms with van der Waals surface area (Å²) in [6, 6.07) is 20.9. The third kappa shape index (κ3) is 9.81. The van der Waals surface area contributed by atoms with Crippen molar-refractivity contribution < 1.29 is 34.8 Å². The lowest BCUT2D eigenvalue weighted by atomic mass is 9.94. The fraction of sp³-hybridized carbons (Fsp3) is 0.500. The van der Waals surface area contributed by atoms with E-state index in [4.69, 9.17) is 0 Å². The summed E-state index contributed by atoms with van der Waals surface area (Å²) in [6.45, 7) is 13.1. The van der Waals surface area contributed by atoms with Crippen molar-refractivity contribution in [3.63, 3.8) is 0 Å². The van der Waals surface area contributed by atoms with Crippen LogP contribution in [0.5, 0.6) is 0 Å². The minimum Gasteiger partial charge on any atom is -0.351 e. The zero-order valence-corrected chi connectivity index (χ0v) is 40.3. The van der Waals surface area contributed by atoms with Crippen molar-refractivity contribution in [2.45, 2.75) is 93.7 Å². The van der Waals surface area contributed by atoms with Crippen LogP contribution in [0.3, 0.4) is 0 Å². The Hall–Kier alpha value is -4.55. The lowest BCUT2D eigenvalue weighted by molar-refractivity contribution is 0.0711. The van der Waals surface area contributed by atoms with Crippen LogP contribution in [-0.2, 0) is 30.1 Å². The van der Waals surface area contributed by atoms with E-state index in [1.807, 2.05) is 4.90 Å². The van der Waals surface area contributed by atoms with Crippen LogP contribution in [0.1, 0.15) is 100 Å². The first-order valence-corrected chi connectivity index (χ1v) is 27.4. The molecule has 5 aromatic rings. The molecule has 1 N–H and O–H groups in total. The van der Waals surface area contributed by atoms with E-state index in [-0.39, 0.29) is 44.7 Å². The second-order valence-electron chi connectivity index (χ2n) is 19.0. The Balaban J connectivity index is 0.000000184. The van der Waals surface area contributed by atoms with Gasteiger partial charge < -0.3 is 14.8 Å². The molecule has 2 aromatic heterocycles.